The summed E-state index contributed by atoms with van der Waals surface area (Å²) in [6, 6.07) is 4.98. The Bertz CT molecular complexity index is 417. The lowest BCUT2D eigenvalue weighted by Gasteiger charge is -2.34. The molecule has 2 aliphatic heterocycles. The second kappa shape index (κ2) is 6.92. The fourth-order valence-corrected chi connectivity index (χ4v) is 3.61. The maximum Gasteiger partial charge on any atom is 0.122 e. The molecular formula is C16H27N3O2. The van der Waals surface area contributed by atoms with E-state index in [1.54, 1.807) is 6.26 Å². The van der Waals surface area contributed by atoms with E-state index in [4.69, 9.17) is 14.9 Å². The fraction of sp³-hybridized carbons (Fsp3) is 0.750. The fourth-order valence-electron chi connectivity index (χ4n) is 3.61. The predicted molar refractivity (Wildman–Crippen MR) is 82.1 cm³/mol. The molecule has 118 valence electrons. The zero-order valence-corrected chi connectivity index (χ0v) is 12.9. The molecule has 2 aliphatic rings. The molecule has 1 aromatic rings. The first-order valence-electron chi connectivity index (χ1n) is 8.14. The highest BCUT2D eigenvalue weighted by molar-refractivity contribution is 5.09. The van der Waals surface area contributed by atoms with E-state index in [1.807, 2.05) is 6.07 Å². The normalized spacial score (nSPS) is 27.8. The van der Waals surface area contributed by atoms with Gasteiger partial charge in [0.2, 0.25) is 0 Å². The molecule has 0 spiro atoms. The Morgan fingerprint density at radius 1 is 1.33 bits per heavy atom. The maximum absolute atomic E-state index is 6.38. The van der Waals surface area contributed by atoms with Gasteiger partial charge in [-0.1, -0.05) is 6.92 Å². The summed E-state index contributed by atoms with van der Waals surface area (Å²) in [6.07, 6.45) is 3.93. The van der Waals surface area contributed by atoms with Crippen LogP contribution in [0.1, 0.15) is 31.6 Å². The number of morpholine rings is 1. The van der Waals surface area contributed by atoms with Gasteiger partial charge in [0.1, 0.15) is 5.76 Å². The van der Waals surface area contributed by atoms with Crippen LogP contribution in [0.25, 0.3) is 0 Å². The topological polar surface area (TPSA) is 54.9 Å². The molecule has 3 rings (SSSR count). The largest absolute Gasteiger partial charge is 0.468 e. The second-order valence-corrected chi connectivity index (χ2v) is 6.12. The van der Waals surface area contributed by atoms with E-state index < -0.39 is 0 Å². The van der Waals surface area contributed by atoms with Crippen molar-refractivity contribution < 1.29 is 9.15 Å². The van der Waals surface area contributed by atoms with E-state index >= 15 is 0 Å². The first-order chi connectivity index (χ1) is 10.3. The van der Waals surface area contributed by atoms with Crippen LogP contribution in [-0.2, 0) is 4.74 Å². The number of hydrogen-bond acceptors (Lipinski definition) is 5. The first kappa shape index (κ1) is 15.0. The standard InChI is InChI=1S/C16H27N3O2/c1-2-14(17)16(15-4-3-9-21-15)19-6-5-13(12-19)18-7-10-20-11-8-18/h3-4,9,13-14,16H,2,5-8,10-12,17H2,1H3. The molecule has 0 amide bonds. The Hall–Kier alpha value is -0.880. The van der Waals surface area contributed by atoms with Crippen LogP contribution in [0.4, 0.5) is 0 Å². The quantitative estimate of drug-likeness (QED) is 0.891. The molecule has 3 unspecified atom stereocenters. The van der Waals surface area contributed by atoms with Gasteiger partial charge in [0.05, 0.1) is 25.5 Å². The average molecular weight is 293 g/mol. The number of rotatable bonds is 5. The van der Waals surface area contributed by atoms with Crippen LogP contribution >= 0.6 is 0 Å². The lowest BCUT2D eigenvalue weighted by Crippen LogP contribution is -2.46. The van der Waals surface area contributed by atoms with Gasteiger partial charge in [0, 0.05) is 38.3 Å². The number of furan rings is 1. The number of likely N-dealkylation sites (tertiary alicyclic amines) is 1. The van der Waals surface area contributed by atoms with E-state index in [0.717, 1.165) is 51.6 Å². The van der Waals surface area contributed by atoms with Gasteiger partial charge in [0.25, 0.3) is 0 Å². The summed E-state index contributed by atoms with van der Waals surface area (Å²) >= 11 is 0. The van der Waals surface area contributed by atoms with Gasteiger partial charge in [-0.15, -0.1) is 0 Å². The van der Waals surface area contributed by atoms with E-state index in [9.17, 15) is 0 Å². The number of nitrogens with two attached hydrogens (primary N) is 1. The third kappa shape index (κ3) is 3.31. The van der Waals surface area contributed by atoms with Gasteiger partial charge in [-0.25, -0.2) is 0 Å². The zero-order chi connectivity index (χ0) is 14.7. The Morgan fingerprint density at radius 3 is 2.81 bits per heavy atom. The molecule has 1 aromatic heterocycles. The molecule has 2 saturated heterocycles. The smallest absolute Gasteiger partial charge is 0.122 e. The second-order valence-electron chi connectivity index (χ2n) is 6.12. The molecule has 0 aromatic carbocycles. The number of hydrogen-bond donors (Lipinski definition) is 1. The van der Waals surface area contributed by atoms with Gasteiger partial charge in [-0.2, -0.15) is 0 Å². The van der Waals surface area contributed by atoms with Crippen LogP contribution in [-0.4, -0.2) is 61.3 Å². The Labute approximate surface area is 127 Å². The van der Waals surface area contributed by atoms with Crippen molar-refractivity contribution in [2.45, 2.75) is 37.9 Å². The Morgan fingerprint density at radius 2 is 2.14 bits per heavy atom. The van der Waals surface area contributed by atoms with Crippen molar-refractivity contribution in [3.05, 3.63) is 24.2 Å². The average Bonchev–Trinajstić information content (AvgIpc) is 3.20. The predicted octanol–water partition coefficient (Wildman–Crippen LogP) is 1.46. The van der Waals surface area contributed by atoms with Crippen molar-refractivity contribution >= 4 is 0 Å². The lowest BCUT2D eigenvalue weighted by molar-refractivity contribution is 0.0169. The number of ether oxygens (including phenoxy) is 1. The first-order valence-corrected chi connectivity index (χ1v) is 8.14. The van der Waals surface area contributed by atoms with Gasteiger partial charge in [0.15, 0.2) is 0 Å². The van der Waals surface area contributed by atoms with Gasteiger partial charge >= 0.3 is 0 Å². The van der Waals surface area contributed by atoms with E-state index in [1.165, 1.54) is 6.42 Å². The molecule has 2 N–H and O–H groups in total. The summed E-state index contributed by atoms with van der Waals surface area (Å²) in [5, 5.41) is 0. The minimum Gasteiger partial charge on any atom is -0.468 e. The molecular weight excluding hydrogens is 266 g/mol. The van der Waals surface area contributed by atoms with Crippen LogP contribution in [0.3, 0.4) is 0 Å². The van der Waals surface area contributed by atoms with Crippen molar-refractivity contribution in [3.63, 3.8) is 0 Å². The Kier molecular flexibility index (Phi) is 4.95. The molecule has 3 atom stereocenters. The molecule has 2 fully saturated rings. The summed E-state index contributed by atoms with van der Waals surface area (Å²) in [5.74, 6) is 1.01. The van der Waals surface area contributed by atoms with Crippen molar-refractivity contribution in [2.75, 3.05) is 39.4 Å². The van der Waals surface area contributed by atoms with Gasteiger partial charge in [-0.05, 0) is 25.0 Å². The minimum atomic E-state index is 0.125. The lowest BCUT2D eigenvalue weighted by atomic mass is 10.0. The summed E-state index contributed by atoms with van der Waals surface area (Å²) in [7, 11) is 0. The van der Waals surface area contributed by atoms with Crippen LogP contribution in [0.5, 0.6) is 0 Å². The van der Waals surface area contributed by atoms with Crippen molar-refractivity contribution in [1.82, 2.24) is 9.80 Å². The molecule has 0 bridgehead atoms. The molecule has 0 radical (unpaired) electrons. The van der Waals surface area contributed by atoms with E-state index in [2.05, 4.69) is 22.8 Å². The molecule has 0 aliphatic carbocycles. The van der Waals surface area contributed by atoms with Crippen LogP contribution < -0.4 is 5.73 Å². The van der Waals surface area contributed by atoms with Crippen LogP contribution in [0, 0.1) is 0 Å². The third-order valence-corrected chi connectivity index (χ3v) is 4.86. The van der Waals surface area contributed by atoms with E-state index in [-0.39, 0.29) is 12.1 Å². The van der Waals surface area contributed by atoms with Gasteiger partial charge < -0.3 is 14.9 Å². The van der Waals surface area contributed by atoms with Crippen molar-refractivity contribution in [3.8, 4) is 0 Å². The zero-order valence-electron chi connectivity index (χ0n) is 12.9. The van der Waals surface area contributed by atoms with Crippen molar-refractivity contribution in [1.29, 1.82) is 0 Å². The van der Waals surface area contributed by atoms with Gasteiger partial charge in [-0.3, -0.25) is 9.80 Å². The molecule has 3 heterocycles. The van der Waals surface area contributed by atoms with Crippen LogP contribution in [0.2, 0.25) is 0 Å². The maximum atomic E-state index is 6.38. The SMILES string of the molecule is CCC(N)C(c1ccco1)N1CCC(N2CCOCC2)C1. The van der Waals surface area contributed by atoms with Crippen LogP contribution in [0.15, 0.2) is 22.8 Å². The Balaban J connectivity index is 1.67. The summed E-state index contributed by atoms with van der Waals surface area (Å²) in [4.78, 5) is 5.08. The molecule has 5 heteroatoms. The van der Waals surface area contributed by atoms with Crippen molar-refractivity contribution in [2.24, 2.45) is 5.73 Å². The molecule has 5 nitrogen and oxygen atoms in total. The monoisotopic (exact) mass is 293 g/mol. The summed E-state index contributed by atoms with van der Waals surface area (Å²) in [6.45, 7) is 8.18. The number of nitrogens with zero attached hydrogens (tertiary/aromatic N) is 2. The third-order valence-electron chi connectivity index (χ3n) is 4.86. The highest BCUT2D eigenvalue weighted by Gasteiger charge is 2.36. The molecule has 21 heavy (non-hydrogen) atoms. The summed E-state index contributed by atoms with van der Waals surface area (Å²) < 4.78 is 11.1. The summed E-state index contributed by atoms with van der Waals surface area (Å²) in [5.41, 5.74) is 6.38. The highest BCUT2D eigenvalue weighted by atomic mass is 16.5. The minimum absolute atomic E-state index is 0.125. The highest BCUT2D eigenvalue weighted by Crippen LogP contribution is 2.30. The van der Waals surface area contributed by atoms with E-state index in [0.29, 0.717) is 6.04 Å². The molecule has 0 saturated carbocycles.